The standard InChI is InChI=1S/C23H16ClN5/c24-17-7-3-4-14(10-17)8-9-29-22(26)18(13-25)21-23(29)28-20-12-16-6-2-1-5-15(16)11-19(20)27-21/h1-7,10-12H,8-9,26H2. The molecule has 0 aliphatic heterocycles. The lowest BCUT2D eigenvalue weighted by atomic mass is 10.1. The average Bonchev–Trinajstić information content (AvgIpc) is 2.98. The number of hydrogen-bond acceptors (Lipinski definition) is 4. The van der Waals surface area contributed by atoms with Crippen LogP contribution >= 0.6 is 11.6 Å². The first-order valence-electron chi connectivity index (χ1n) is 9.27. The van der Waals surface area contributed by atoms with E-state index in [1.54, 1.807) is 0 Å². The van der Waals surface area contributed by atoms with Gasteiger partial charge in [0.15, 0.2) is 5.65 Å². The third-order valence-electron chi connectivity index (χ3n) is 5.18. The van der Waals surface area contributed by atoms with Gasteiger partial charge in [-0.3, -0.25) is 0 Å². The van der Waals surface area contributed by atoms with Crippen molar-refractivity contribution in [3.63, 3.8) is 0 Å². The fourth-order valence-electron chi connectivity index (χ4n) is 3.73. The highest BCUT2D eigenvalue weighted by Crippen LogP contribution is 2.29. The molecular formula is C23H16ClN5. The summed E-state index contributed by atoms with van der Waals surface area (Å²) in [4.78, 5) is 9.57. The average molecular weight is 398 g/mol. The second kappa shape index (κ2) is 6.77. The van der Waals surface area contributed by atoms with E-state index in [9.17, 15) is 5.26 Å². The van der Waals surface area contributed by atoms with E-state index in [2.05, 4.69) is 6.07 Å². The molecule has 0 saturated carbocycles. The third kappa shape index (κ3) is 2.95. The number of aromatic nitrogens is 3. The van der Waals surface area contributed by atoms with Gasteiger partial charge in [-0.1, -0.05) is 48.0 Å². The van der Waals surface area contributed by atoms with Gasteiger partial charge < -0.3 is 10.3 Å². The van der Waals surface area contributed by atoms with Gasteiger partial charge in [0.05, 0.1) is 11.0 Å². The van der Waals surface area contributed by atoms with Gasteiger partial charge in [-0.2, -0.15) is 5.26 Å². The van der Waals surface area contributed by atoms with Gasteiger partial charge in [-0.05, 0) is 47.0 Å². The maximum absolute atomic E-state index is 9.67. The molecule has 140 valence electrons. The number of hydrogen-bond donors (Lipinski definition) is 1. The lowest BCUT2D eigenvalue weighted by Gasteiger charge is -2.08. The first kappa shape index (κ1) is 17.5. The highest BCUT2D eigenvalue weighted by atomic mass is 35.5. The van der Waals surface area contributed by atoms with E-state index >= 15 is 0 Å². The molecule has 0 spiro atoms. The largest absolute Gasteiger partial charge is 0.384 e. The summed E-state index contributed by atoms with van der Waals surface area (Å²) in [5.41, 5.74) is 10.5. The van der Waals surface area contributed by atoms with Crippen LogP contribution in [-0.4, -0.2) is 14.5 Å². The summed E-state index contributed by atoms with van der Waals surface area (Å²) in [7, 11) is 0. The predicted molar refractivity (Wildman–Crippen MR) is 117 cm³/mol. The normalized spacial score (nSPS) is 11.3. The molecule has 29 heavy (non-hydrogen) atoms. The molecule has 2 heterocycles. The molecule has 0 amide bonds. The first-order valence-corrected chi connectivity index (χ1v) is 9.64. The summed E-state index contributed by atoms with van der Waals surface area (Å²) >= 11 is 6.10. The van der Waals surface area contributed by atoms with Gasteiger partial charge in [0.2, 0.25) is 0 Å². The topological polar surface area (TPSA) is 80.5 Å². The molecule has 3 aromatic carbocycles. The Morgan fingerprint density at radius 3 is 2.38 bits per heavy atom. The van der Waals surface area contributed by atoms with Crippen molar-refractivity contribution >= 4 is 50.4 Å². The highest BCUT2D eigenvalue weighted by molar-refractivity contribution is 6.30. The van der Waals surface area contributed by atoms with Gasteiger partial charge in [0.1, 0.15) is 23.0 Å². The van der Waals surface area contributed by atoms with Gasteiger partial charge in [0.25, 0.3) is 0 Å². The first-order chi connectivity index (χ1) is 14.1. The van der Waals surface area contributed by atoms with Gasteiger partial charge in [0, 0.05) is 11.6 Å². The van der Waals surface area contributed by atoms with E-state index in [1.165, 1.54) is 0 Å². The lowest BCUT2D eigenvalue weighted by molar-refractivity contribution is 0.725. The van der Waals surface area contributed by atoms with Crippen molar-refractivity contribution in [3.8, 4) is 6.07 Å². The Bertz CT molecular complexity index is 1450. The van der Waals surface area contributed by atoms with Crippen LogP contribution in [0.2, 0.25) is 5.02 Å². The van der Waals surface area contributed by atoms with E-state index in [0.29, 0.717) is 34.1 Å². The number of nitrogens with two attached hydrogens (primary N) is 1. The molecule has 2 aromatic heterocycles. The zero-order valence-corrected chi connectivity index (χ0v) is 16.2. The minimum absolute atomic E-state index is 0.369. The Hall–Kier alpha value is -3.62. The molecule has 5 nitrogen and oxygen atoms in total. The number of rotatable bonds is 3. The molecule has 5 rings (SSSR count). The molecule has 5 aromatic rings. The molecular weight excluding hydrogens is 382 g/mol. The van der Waals surface area contributed by atoms with Gasteiger partial charge in [-0.15, -0.1) is 0 Å². The monoisotopic (exact) mass is 397 g/mol. The number of benzene rings is 3. The molecule has 0 radical (unpaired) electrons. The van der Waals surface area contributed by atoms with Gasteiger partial charge in [-0.25, -0.2) is 9.97 Å². The summed E-state index contributed by atoms with van der Waals surface area (Å²) < 4.78 is 1.87. The van der Waals surface area contributed by atoms with Crippen LogP contribution < -0.4 is 5.73 Å². The molecule has 0 aliphatic carbocycles. The number of aryl methyl sites for hydroxylation is 2. The Morgan fingerprint density at radius 1 is 0.966 bits per heavy atom. The molecule has 6 heteroatoms. The van der Waals surface area contributed by atoms with Crippen LogP contribution in [-0.2, 0) is 13.0 Å². The minimum atomic E-state index is 0.369. The summed E-state index contributed by atoms with van der Waals surface area (Å²) in [6, 6.07) is 22.0. The molecule has 2 N–H and O–H groups in total. The van der Waals surface area contributed by atoms with Crippen molar-refractivity contribution in [1.29, 1.82) is 5.26 Å². The minimum Gasteiger partial charge on any atom is -0.384 e. The smallest absolute Gasteiger partial charge is 0.162 e. The number of nitriles is 1. The number of halogens is 1. The number of anilines is 1. The fraction of sp³-hybridized carbons (Fsp3) is 0.0870. The van der Waals surface area contributed by atoms with Crippen molar-refractivity contribution < 1.29 is 0 Å². The molecule has 0 aliphatic rings. The highest BCUT2D eigenvalue weighted by Gasteiger charge is 2.18. The molecule has 0 saturated heterocycles. The number of nitrogens with zero attached hydrogens (tertiary/aromatic N) is 4. The van der Waals surface area contributed by atoms with Crippen molar-refractivity contribution in [2.75, 3.05) is 5.73 Å². The fourth-order valence-corrected chi connectivity index (χ4v) is 3.94. The van der Waals surface area contributed by atoms with Crippen molar-refractivity contribution in [2.45, 2.75) is 13.0 Å². The lowest BCUT2D eigenvalue weighted by Crippen LogP contribution is -2.06. The summed E-state index contributed by atoms with van der Waals surface area (Å²) in [6.45, 7) is 0.581. The molecule has 0 atom stereocenters. The summed E-state index contributed by atoms with van der Waals surface area (Å²) in [6.07, 6.45) is 0.719. The third-order valence-corrected chi connectivity index (χ3v) is 5.41. The van der Waals surface area contributed by atoms with Crippen LogP contribution in [0.5, 0.6) is 0 Å². The van der Waals surface area contributed by atoms with E-state index in [-0.39, 0.29) is 0 Å². The van der Waals surface area contributed by atoms with E-state index in [1.807, 2.05) is 65.2 Å². The molecule has 0 fully saturated rings. The second-order valence-electron chi connectivity index (χ2n) is 6.99. The maximum Gasteiger partial charge on any atom is 0.162 e. The van der Waals surface area contributed by atoms with Gasteiger partial charge >= 0.3 is 0 Å². The predicted octanol–water partition coefficient (Wildman–Crippen LogP) is 5.09. The maximum atomic E-state index is 9.67. The Kier molecular flexibility index (Phi) is 4.08. The summed E-state index contributed by atoms with van der Waals surface area (Å²) in [5.74, 6) is 0.393. The number of fused-ring (bicyclic) bond motifs is 3. The second-order valence-corrected chi connectivity index (χ2v) is 7.42. The van der Waals surface area contributed by atoms with E-state index < -0.39 is 0 Å². The van der Waals surface area contributed by atoms with E-state index in [0.717, 1.165) is 33.8 Å². The molecule has 0 bridgehead atoms. The van der Waals surface area contributed by atoms with Crippen LogP contribution in [0.15, 0.2) is 60.7 Å². The Morgan fingerprint density at radius 2 is 1.69 bits per heavy atom. The SMILES string of the molecule is N#Cc1c(N)n(CCc2cccc(Cl)c2)c2nc3cc4ccccc4cc3nc12. The van der Waals surface area contributed by atoms with Crippen LogP contribution in [0.1, 0.15) is 11.1 Å². The summed E-state index contributed by atoms with van der Waals surface area (Å²) in [5, 5.41) is 12.5. The van der Waals surface area contributed by atoms with Crippen LogP contribution in [0.3, 0.4) is 0 Å². The number of nitrogen functional groups attached to an aromatic ring is 1. The zero-order valence-electron chi connectivity index (χ0n) is 15.4. The van der Waals surface area contributed by atoms with E-state index in [4.69, 9.17) is 27.3 Å². The quantitative estimate of drug-likeness (QED) is 0.430. The van der Waals surface area contributed by atoms with Crippen molar-refractivity contribution in [2.24, 2.45) is 0 Å². The van der Waals surface area contributed by atoms with Crippen LogP contribution in [0.4, 0.5) is 5.82 Å². The van der Waals surface area contributed by atoms with Crippen molar-refractivity contribution in [3.05, 3.63) is 76.8 Å². The van der Waals surface area contributed by atoms with Crippen molar-refractivity contribution in [1.82, 2.24) is 14.5 Å². The zero-order chi connectivity index (χ0) is 20.0. The Labute approximate surface area is 172 Å². The Balaban J connectivity index is 1.68. The molecule has 0 unspecified atom stereocenters. The van der Waals surface area contributed by atoms with Crippen LogP contribution in [0, 0.1) is 11.3 Å². The van der Waals surface area contributed by atoms with Crippen LogP contribution in [0.25, 0.3) is 33.0 Å².